The number of carbonyl (C=O) groups excluding carboxylic acids is 1. The zero-order chi connectivity index (χ0) is 28.4. The van der Waals surface area contributed by atoms with E-state index in [0.29, 0.717) is 32.2 Å². The molecule has 1 aliphatic rings. The minimum absolute atomic E-state index is 0.218. The van der Waals surface area contributed by atoms with Gasteiger partial charge in [-0.25, -0.2) is 9.79 Å². The lowest BCUT2D eigenvalue weighted by molar-refractivity contribution is -0.139. The number of ether oxygens (including phenoxy) is 2. The minimum Gasteiger partial charge on any atom is -0.487 e. The highest BCUT2D eigenvalue weighted by Crippen LogP contribution is 2.32. The zero-order valence-corrected chi connectivity index (χ0v) is 27.4. The van der Waals surface area contributed by atoms with E-state index in [1.165, 1.54) is 11.3 Å². The number of allylic oxidation sites excluding steroid dienone is 1. The molecule has 0 amide bonds. The molecule has 0 aliphatic carbocycles. The monoisotopic (exact) mass is 796 g/mol. The van der Waals surface area contributed by atoms with E-state index in [9.17, 15) is 9.59 Å². The Kier molecular flexibility index (Phi) is 9.13. The highest BCUT2D eigenvalue weighted by molar-refractivity contribution is 14.1. The van der Waals surface area contributed by atoms with Gasteiger partial charge in [-0.15, -0.1) is 0 Å². The second-order valence-electron chi connectivity index (χ2n) is 8.94. The van der Waals surface area contributed by atoms with Crippen molar-refractivity contribution in [3.63, 3.8) is 0 Å². The van der Waals surface area contributed by atoms with Crippen LogP contribution in [-0.4, -0.2) is 17.1 Å². The molecule has 10 heteroatoms. The van der Waals surface area contributed by atoms with Gasteiger partial charge in [-0.2, -0.15) is 0 Å². The molecule has 0 spiro atoms. The Balaban J connectivity index is 1.56. The highest BCUT2D eigenvalue weighted by atomic mass is 127. The van der Waals surface area contributed by atoms with Crippen LogP contribution in [0.1, 0.15) is 36.6 Å². The molecule has 1 atom stereocenters. The third-order valence-corrected chi connectivity index (χ3v) is 9.08. The molecule has 1 aromatic heterocycles. The Labute approximate surface area is 267 Å². The molecule has 204 valence electrons. The summed E-state index contributed by atoms with van der Waals surface area (Å²) in [6.45, 7) is 4.21. The fourth-order valence-corrected chi connectivity index (χ4v) is 7.73. The predicted molar refractivity (Wildman–Crippen MR) is 175 cm³/mol. The molecule has 4 aromatic rings. The van der Waals surface area contributed by atoms with Crippen LogP contribution < -0.4 is 19.6 Å². The van der Waals surface area contributed by atoms with Crippen molar-refractivity contribution in [2.75, 3.05) is 6.61 Å². The summed E-state index contributed by atoms with van der Waals surface area (Å²) in [6.07, 6.45) is 1.86. The molecule has 40 heavy (non-hydrogen) atoms. The third kappa shape index (κ3) is 6.07. The van der Waals surface area contributed by atoms with Crippen molar-refractivity contribution < 1.29 is 14.3 Å². The summed E-state index contributed by atoms with van der Waals surface area (Å²) >= 11 is 11.9. The van der Waals surface area contributed by atoms with Crippen LogP contribution in [0, 0.1) is 7.14 Å². The number of halogens is 3. The van der Waals surface area contributed by atoms with Gasteiger partial charge in [-0.3, -0.25) is 9.36 Å². The minimum atomic E-state index is -0.677. The number of nitrogens with zero attached hydrogens (tertiary/aromatic N) is 2. The van der Waals surface area contributed by atoms with Gasteiger partial charge in [0.05, 0.1) is 35.6 Å². The number of fused-ring (bicyclic) bond motifs is 1. The van der Waals surface area contributed by atoms with Gasteiger partial charge in [0, 0.05) is 5.02 Å². The number of aromatic nitrogens is 1. The number of carbonyl (C=O) groups is 1. The number of rotatable bonds is 7. The molecule has 0 bridgehead atoms. The second-order valence-corrected chi connectivity index (χ2v) is 12.7. The fraction of sp³-hybridized carbons (Fsp3) is 0.167. The van der Waals surface area contributed by atoms with Crippen LogP contribution in [0.25, 0.3) is 6.08 Å². The van der Waals surface area contributed by atoms with Gasteiger partial charge in [0.25, 0.3) is 5.56 Å². The molecule has 0 radical (unpaired) electrons. The van der Waals surface area contributed by atoms with Gasteiger partial charge in [0.15, 0.2) is 4.80 Å². The quantitative estimate of drug-likeness (QED) is 0.164. The molecular formula is C30H23ClI2N2O4S. The van der Waals surface area contributed by atoms with E-state index in [1.54, 1.807) is 30.5 Å². The first kappa shape index (κ1) is 29.0. The summed E-state index contributed by atoms with van der Waals surface area (Å²) in [6, 6.07) is 20.5. The number of hydrogen-bond acceptors (Lipinski definition) is 6. The lowest BCUT2D eigenvalue weighted by Gasteiger charge is -2.24. The van der Waals surface area contributed by atoms with Crippen LogP contribution in [0.3, 0.4) is 0 Å². The van der Waals surface area contributed by atoms with E-state index in [1.807, 2.05) is 60.7 Å². The summed E-state index contributed by atoms with van der Waals surface area (Å²) in [5.74, 6) is 0.314. The van der Waals surface area contributed by atoms with Gasteiger partial charge in [0.2, 0.25) is 0 Å². The predicted octanol–water partition coefficient (Wildman–Crippen LogP) is 6.24. The van der Waals surface area contributed by atoms with Crippen molar-refractivity contribution in [3.05, 3.63) is 127 Å². The van der Waals surface area contributed by atoms with Gasteiger partial charge in [0.1, 0.15) is 12.4 Å². The highest BCUT2D eigenvalue weighted by Gasteiger charge is 2.33. The maximum atomic E-state index is 13.9. The third-order valence-electron chi connectivity index (χ3n) is 6.25. The van der Waals surface area contributed by atoms with E-state index in [2.05, 4.69) is 50.2 Å². The van der Waals surface area contributed by atoms with Crippen LogP contribution in [0.2, 0.25) is 5.02 Å². The van der Waals surface area contributed by atoms with E-state index in [4.69, 9.17) is 21.1 Å². The first-order valence-electron chi connectivity index (χ1n) is 12.4. The first-order chi connectivity index (χ1) is 19.3. The smallest absolute Gasteiger partial charge is 0.338 e. The van der Waals surface area contributed by atoms with Crippen molar-refractivity contribution in [2.45, 2.75) is 26.5 Å². The molecule has 0 saturated heterocycles. The maximum absolute atomic E-state index is 13.9. The first-order valence-corrected chi connectivity index (χ1v) is 15.7. The summed E-state index contributed by atoms with van der Waals surface area (Å²) in [5, 5.41) is 0.565. The van der Waals surface area contributed by atoms with Crippen LogP contribution >= 0.6 is 68.1 Å². The Bertz CT molecular complexity index is 1780. The van der Waals surface area contributed by atoms with Crippen molar-refractivity contribution >= 4 is 80.2 Å². The molecular weight excluding hydrogens is 774 g/mol. The molecule has 0 saturated carbocycles. The summed E-state index contributed by atoms with van der Waals surface area (Å²) in [7, 11) is 0. The van der Waals surface area contributed by atoms with Crippen molar-refractivity contribution in [2.24, 2.45) is 4.99 Å². The topological polar surface area (TPSA) is 69.9 Å². The van der Waals surface area contributed by atoms with Gasteiger partial charge in [-0.05, 0) is 106 Å². The molecule has 6 nitrogen and oxygen atoms in total. The summed E-state index contributed by atoms with van der Waals surface area (Å²) in [5.41, 5.74) is 3.34. The van der Waals surface area contributed by atoms with Crippen LogP contribution in [0.15, 0.2) is 87.8 Å². The second kappa shape index (κ2) is 12.6. The van der Waals surface area contributed by atoms with Gasteiger partial charge in [-0.1, -0.05) is 65.4 Å². The maximum Gasteiger partial charge on any atom is 0.338 e. The Morgan fingerprint density at radius 1 is 1.10 bits per heavy atom. The lowest BCUT2D eigenvalue weighted by atomic mass is 9.96. The van der Waals surface area contributed by atoms with Crippen LogP contribution in [0.4, 0.5) is 0 Å². The van der Waals surface area contributed by atoms with Gasteiger partial charge >= 0.3 is 5.97 Å². The zero-order valence-electron chi connectivity index (χ0n) is 21.5. The molecule has 2 heterocycles. The summed E-state index contributed by atoms with van der Waals surface area (Å²) in [4.78, 5) is 32.0. The number of hydrogen-bond donors (Lipinski definition) is 0. The molecule has 0 fully saturated rings. The lowest BCUT2D eigenvalue weighted by Crippen LogP contribution is -2.39. The average molecular weight is 797 g/mol. The Hall–Kier alpha value is -2.48. The standard InChI is InChI=1S/C30H23ClI2N2O4S/c1-3-38-29(37)25-17(2)34-30-35(26(25)20-9-11-21(31)12-10-20)28(36)24(40-30)15-19-13-22(32)27(23(33)14-19)39-16-18-7-5-4-6-8-18/h4-15,26H,3,16H2,1-2H3/b24-15-. The largest absolute Gasteiger partial charge is 0.487 e. The molecule has 1 aliphatic heterocycles. The molecule has 0 N–H and O–H groups in total. The SMILES string of the molecule is CCOC(=O)C1=C(C)N=c2s/c(=C\c3cc(I)c(OCc4ccccc4)c(I)c3)c(=O)n2C1c1ccc(Cl)cc1. The average Bonchev–Trinajstić information content (AvgIpc) is 3.22. The van der Waals surface area contributed by atoms with E-state index >= 15 is 0 Å². The van der Waals surface area contributed by atoms with Gasteiger partial charge < -0.3 is 9.47 Å². The number of thiazole rings is 1. The van der Waals surface area contributed by atoms with Crippen molar-refractivity contribution in [1.29, 1.82) is 0 Å². The Morgan fingerprint density at radius 3 is 2.42 bits per heavy atom. The number of esters is 1. The molecule has 5 rings (SSSR count). The van der Waals surface area contributed by atoms with Crippen LogP contribution in [-0.2, 0) is 16.1 Å². The van der Waals surface area contributed by atoms with E-state index < -0.39 is 12.0 Å². The van der Waals surface area contributed by atoms with E-state index in [-0.39, 0.29) is 12.2 Å². The molecule has 3 aromatic carbocycles. The molecule has 1 unspecified atom stereocenters. The van der Waals surface area contributed by atoms with Crippen molar-refractivity contribution in [1.82, 2.24) is 4.57 Å². The normalized spacial score (nSPS) is 15.0. The van der Waals surface area contributed by atoms with Crippen LogP contribution in [0.5, 0.6) is 5.75 Å². The summed E-state index contributed by atoms with van der Waals surface area (Å²) < 4.78 is 15.5. The Morgan fingerprint density at radius 2 is 1.77 bits per heavy atom. The number of benzene rings is 3. The van der Waals surface area contributed by atoms with E-state index in [0.717, 1.165) is 29.6 Å². The fourth-order valence-electron chi connectivity index (χ4n) is 4.43. The van der Waals surface area contributed by atoms with Crippen molar-refractivity contribution in [3.8, 4) is 5.75 Å².